The van der Waals surface area contributed by atoms with E-state index >= 15 is 0 Å². The van der Waals surface area contributed by atoms with E-state index in [1.54, 1.807) is 10.6 Å². The van der Waals surface area contributed by atoms with Crippen molar-refractivity contribution in [2.75, 3.05) is 6.61 Å². The lowest BCUT2D eigenvalue weighted by Crippen LogP contribution is -1.95. The van der Waals surface area contributed by atoms with Gasteiger partial charge in [0.2, 0.25) is 0 Å². The second-order valence-electron chi connectivity index (χ2n) is 4.16. The van der Waals surface area contributed by atoms with Crippen LogP contribution in [0.4, 0.5) is 0 Å². The maximum absolute atomic E-state index is 11.8. The number of benzene rings is 1. The second-order valence-corrected chi connectivity index (χ2v) is 7.82. The summed E-state index contributed by atoms with van der Waals surface area (Å²) in [6, 6.07) is 5.36. The normalized spacial score (nSPS) is 11.8. The van der Waals surface area contributed by atoms with Crippen molar-refractivity contribution >= 4 is 46.6 Å². The molecule has 1 heterocycles. The highest BCUT2D eigenvalue weighted by atomic mass is 79.9. The summed E-state index contributed by atoms with van der Waals surface area (Å²) in [5.41, 5.74) is 0.732. The molecule has 20 heavy (non-hydrogen) atoms. The van der Waals surface area contributed by atoms with E-state index in [0.717, 1.165) is 10.00 Å². The smallest absolute Gasteiger partial charge is 0.263 e. The van der Waals surface area contributed by atoms with Gasteiger partial charge >= 0.3 is 0 Å². The zero-order valence-corrected chi connectivity index (χ0v) is 13.9. The molecule has 1 aromatic heterocycles. The monoisotopic (exact) mass is 377 g/mol. The number of fused-ring (bicyclic) bond motifs is 1. The zero-order chi connectivity index (χ0) is 14.9. The van der Waals surface area contributed by atoms with Gasteiger partial charge in [-0.1, -0.05) is 28.6 Å². The van der Waals surface area contributed by atoms with Crippen LogP contribution in [-0.4, -0.2) is 19.6 Å². The van der Waals surface area contributed by atoms with Gasteiger partial charge in [-0.2, -0.15) is 0 Å². The third-order valence-electron chi connectivity index (χ3n) is 2.74. The molecule has 0 fully saturated rings. The topological polar surface area (TPSA) is 48.3 Å². The first-order valence-electron chi connectivity index (χ1n) is 5.87. The molecular formula is C13H13BrClNO3S. The average molecular weight is 379 g/mol. The fourth-order valence-electron chi connectivity index (χ4n) is 2.06. The van der Waals surface area contributed by atoms with Gasteiger partial charge in [0.05, 0.1) is 24.1 Å². The van der Waals surface area contributed by atoms with Crippen LogP contribution in [0, 0.1) is 0 Å². The van der Waals surface area contributed by atoms with Crippen molar-refractivity contribution in [3.05, 3.63) is 35.5 Å². The summed E-state index contributed by atoms with van der Waals surface area (Å²) in [4.78, 5) is 0.0481. The molecule has 0 unspecified atom stereocenters. The van der Waals surface area contributed by atoms with Crippen molar-refractivity contribution in [3.8, 4) is 5.75 Å². The molecule has 0 aliphatic carbocycles. The fourth-order valence-corrected chi connectivity index (χ4v) is 3.38. The van der Waals surface area contributed by atoms with E-state index < -0.39 is 9.05 Å². The Balaban J connectivity index is 2.80. The van der Waals surface area contributed by atoms with Crippen LogP contribution >= 0.6 is 26.6 Å². The lowest BCUT2D eigenvalue weighted by molar-refractivity contribution is 0.344. The summed E-state index contributed by atoms with van der Waals surface area (Å²) in [7, 11) is 1.67. The molecule has 0 radical (unpaired) electrons. The number of nitrogens with zero attached hydrogens (tertiary/aromatic N) is 1. The maximum Gasteiger partial charge on any atom is 0.263 e. The maximum atomic E-state index is 11.8. The number of ether oxygens (including phenoxy) is 1. The van der Waals surface area contributed by atoms with E-state index in [9.17, 15) is 8.42 Å². The van der Waals surface area contributed by atoms with Crippen LogP contribution < -0.4 is 4.74 Å². The Morgan fingerprint density at radius 1 is 1.50 bits per heavy atom. The number of allylic oxidation sites excluding steroid dienone is 1. The highest BCUT2D eigenvalue weighted by Crippen LogP contribution is 2.35. The molecule has 2 aromatic rings. The number of aromatic nitrogens is 1. The fraction of sp³-hybridized carbons (Fsp3) is 0.231. The van der Waals surface area contributed by atoms with Crippen LogP contribution in [0.2, 0.25) is 0 Å². The van der Waals surface area contributed by atoms with Crippen molar-refractivity contribution in [1.29, 1.82) is 0 Å². The number of rotatable bonds is 5. The van der Waals surface area contributed by atoms with Gasteiger partial charge in [0.25, 0.3) is 9.05 Å². The van der Waals surface area contributed by atoms with Gasteiger partial charge in [0.1, 0.15) is 10.6 Å². The first-order chi connectivity index (χ1) is 9.34. The molecular weight excluding hydrogens is 366 g/mol. The molecule has 0 aliphatic rings. The Bertz CT molecular complexity index is 767. The molecule has 0 aliphatic heterocycles. The van der Waals surface area contributed by atoms with Crippen molar-refractivity contribution < 1.29 is 13.2 Å². The third-order valence-corrected chi connectivity index (χ3v) is 4.32. The summed E-state index contributed by atoms with van der Waals surface area (Å²) in [5, 5.41) is 0.498. The van der Waals surface area contributed by atoms with Crippen molar-refractivity contribution in [2.24, 2.45) is 0 Å². The zero-order valence-electron chi connectivity index (χ0n) is 10.8. The average Bonchev–Trinajstić information content (AvgIpc) is 2.69. The van der Waals surface area contributed by atoms with Crippen LogP contribution in [0.15, 0.2) is 40.4 Å². The summed E-state index contributed by atoms with van der Waals surface area (Å²) < 4.78 is 31.5. The highest BCUT2D eigenvalue weighted by molar-refractivity contribution is 9.11. The summed E-state index contributed by atoms with van der Waals surface area (Å²) >= 11 is 3.28. The van der Waals surface area contributed by atoms with Crippen LogP contribution in [0.1, 0.15) is 6.92 Å². The molecule has 108 valence electrons. The molecule has 0 N–H and O–H groups in total. The molecule has 0 atom stereocenters. The summed E-state index contributed by atoms with van der Waals surface area (Å²) in [6.07, 6.45) is 1.50. The van der Waals surface area contributed by atoms with Crippen molar-refractivity contribution in [2.45, 2.75) is 18.4 Å². The highest BCUT2D eigenvalue weighted by Gasteiger charge is 2.22. The van der Waals surface area contributed by atoms with Gasteiger partial charge in [-0.3, -0.25) is 0 Å². The predicted molar refractivity (Wildman–Crippen MR) is 84.2 cm³/mol. The van der Waals surface area contributed by atoms with Crippen molar-refractivity contribution in [3.63, 3.8) is 0 Å². The molecule has 4 nitrogen and oxygen atoms in total. The Labute approximate surface area is 130 Å². The minimum Gasteiger partial charge on any atom is -0.493 e. The van der Waals surface area contributed by atoms with Gasteiger partial charge in [-0.05, 0) is 19.1 Å². The number of hydrogen-bond acceptors (Lipinski definition) is 3. The molecule has 0 saturated carbocycles. The van der Waals surface area contributed by atoms with Crippen LogP contribution in [0.25, 0.3) is 10.9 Å². The van der Waals surface area contributed by atoms with Crippen molar-refractivity contribution in [1.82, 2.24) is 4.57 Å². The molecule has 0 spiro atoms. The van der Waals surface area contributed by atoms with Crippen LogP contribution in [-0.2, 0) is 15.6 Å². The van der Waals surface area contributed by atoms with E-state index in [1.165, 1.54) is 6.20 Å². The van der Waals surface area contributed by atoms with Crippen LogP contribution in [0.5, 0.6) is 5.75 Å². The van der Waals surface area contributed by atoms with Gasteiger partial charge in [0, 0.05) is 21.4 Å². The molecule has 0 amide bonds. The largest absolute Gasteiger partial charge is 0.493 e. The van der Waals surface area contributed by atoms with E-state index in [4.69, 9.17) is 15.4 Å². The number of hydrogen-bond donors (Lipinski definition) is 0. The lowest BCUT2D eigenvalue weighted by atomic mass is 10.2. The van der Waals surface area contributed by atoms with Gasteiger partial charge < -0.3 is 9.30 Å². The first-order valence-corrected chi connectivity index (χ1v) is 8.97. The SMILES string of the molecule is C=C(Br)Cn1cc(S(=O)(=O)Cl)c2c(OCC)cccc21. The van der Waals surface area contributed by atoms with E-state index in [1.807, 2.05) is 19.1 Å². The predicted octanol–water partition coefficient (Wildman–Crippen LogP) is 3.88. The summed E-state index contributed by atoms with van der Waals surface area (Å²) in [6.45, 7) is 6.49. The number of halogens is 2. The first kappa shape index (κ1) is 15.4. The molecule has 0 bridgehead atoms. The Morgan fingerprint density at radius 2 is 2.20 bits per heavy atom. The quantitative estimate of drug-likeness (QED) is 0.742. The van der Waals surface area contributed by atoms with Crippen LogP contribution in [0.3, 0.4) is 0 Å². The van der Waals surface area contributed by atoms with Gasteiger partial charge in [-0.25, -0.2) is 8.42 Å². The molecule has 7 heteroatoms. The Kier molecular flexibility index (Phi) is 4.46. The van der Waals surface area contributed by atoms with Gasteiger partial charge in [0.15, 0.2) is 0 Å². The minimum atomic E-state index is -3.86. The summed E-state index contributed by atoms with van der Waals surface area (Å²) in [5.74, 6) is 0.503. The second kappa shape index (κ2) is 5.79. The minimum absolute atomic E-state index is 0.0481. The standard InChI is InChI=1S/C13H13BrClNO3S/c1-3-19-11-6-4-5-10-13(11)12(20(15,17)18)8-16(10)7-9(2)14/h4-6,8H,2-3,7H2,1H3. The Hall–Kier alpha value is -0.980. The lowest BCUT2D eigenvalue weighted by Gasteiger charge is -2.07. The molecule has 1 aromatic carbocycles. The molecule has 0 saturated heterocycles. The molecule has 2 rings (SSSR count). The van der Waals surface area contributed by atoms with E-state index in [-0.39, 0.29) is 4.90 Å². The van der Waals surface area contributed by atoms with E-state index in [2.05, 4.69) is 22.5 Å². The van der Waals surface area contributed by atoms with Gasteiger partial charge in [-0.15, -0.1) is 0 Å². The Morgan fingerprint density at radius 3 is 2.75 bits per heavy atom. The third kappa shape index (κ3) is 3.02. The van der Waals surface area contributed by atoms with E-state index in [0.29, 0.717) is 24.3 Å².